The maximum atomic E-state index is 12.4. The Balaban J connectivity index is 3.15. The van der Waals surface area contributed by atoms with Gasteiger partial charge in [-0.3, -0.25) is 0 Å². The molecule has 0 saturated carbocycles. The molecule has 0 fully saturated rings. The highest BCUT2D eigenvalue weighted by Crippen LogP contribution is 2.35. The van der Waals surface area contributed by atoms with E-state index in [9.17, 15) is 28.5 Å². The van der Waals surface area contributed by atoms with Crippen molar-refractivity contribution in [3.05, 3.63) is 29.3 Å². The molecule has 0 saturated heterocycles. The van der Waals surface area contributed by atoms with Crippen molar-refractivity contribution in [2.75, 3.05) is 5.88 Å². The van der Waals surface area contributed by atoms with E-state index < -0.39 is 35.3 Å². The fraction of sp³-hybridized carbons (Fsp3) is 0.400. The molecular formula is C10H10ClF3O3. The Bertz CT molecular complexity index is 395. The number of aromatic hydroxyl groups is 1. The number of benzene rings is 1. The SMILES string of the molecule is Oc1ccc(C(F)(F)F)cc1C(O)C(O)CCl. The molecule has 3 nitrogen and oxygen atoms in total. The zero-order valence-corrected chi connectivity index (χ0v) is 9.20. The van der Waals surface area contributed by atoms with Gasteiger partial charge in [0.25, 0.3) is 0 Å². The van der Waals surface area contributed by atoms with E-state index in [-0.39, 0.29) is 5.88 Å². The number of aliphatic hydroxyl groups is 2. The second kappa shape index (κ2) is 5.12. The molecule has 0 radical (unpaired) electrons. The molecule has 0 aromatic heterocycles. The van der Waals surface area contributed by atoms with E-state index in [1.807, 2.05) is 0 Å². The molecule has 0 aliphatic heterocycles. The van der Waals surface area contributed by atoms with Crippen LogP contribution < -0.4 is 0 Å². The minimum Gasteiger partial charge on any atom is -0.508 e. The molecule has 2 unspecified atom stereocenters. The normalized spacial score (nSPS) is 15.6. The number of hydrogen-bond donors (Lipinski definition) is 3. The number of phenolic OH excluding ortho intramolecular Hbond substituents is 1. The molecule has 1 rings (SSSR count). The van der Waals surface area contributed by atoms with E-state index in [2.05, 4.69) is 0 Å². The van der Waals surface area contributed by atoms with Crippen molar-refractivity contribution in [3.63, 3.8) is 0 Å². The Labute approximate surface area is 100 Å². The number of hydrogen-bond acceptors (Lipinski definition) is 3. The summed E-state index contributed by atoms with van der Waals surface area (Å²) in [7, 11) is 0. The van der Waals surface area contributed by atoms with Gasteiger partial charge in [0.1, 0.15) is 11.9 Å². The van der Waals surface area contributed by atoms with E-state index in [0.717, 1.165) is 6.07 Å². The van der Waals surface area contributed by atoms with Gasteiger partial charge in [0.2, 0.25) is 0 Å². The van der Waals surface area contributed by atoms with Crippen LogP contribution >= 0.6 is 11.6 Å². The van der Waals surface area contributed by atoms with Crippen LogP contribution in [0.15, 0.2) is 18.2 Å². The standard InChI is InChI=1S/C10H10ClF3O3/c11-4-8(16)9(17)6-3-5(10(12,13)14)1-2-7(6)15/h1-3,8-9,15-17H,4H2. The fourth-order valence-electron chi connectivity index (χ4n) is 1.26. The predicted molar refractivity (Wildman–Crippen MR) is 54.8 cm³/mol. The highest BCUT2D eigenvalue weighted by atomic mass is 35.5. The van der Waals surface area contributed by atoms with Crippen LogP contribution in [0.5, 0.6) is 5.75 Å². The topological polar surface area (TPSA) is 60.7 Å². The maximum absolute atomic E-state index is 12.4. The highest BCUT2D eigenvalue weighted by molar-refractivity contribution is 6.18. The molecule has 0 aliphatic rings. The summed E-state index contributed by atoms with van der Waals surface area (Å²) < 4.78 is 37.2. The van der Waals surface area contributed by atoms with Crippen molar-refractivity contribution in [1.29, 1.82) is 0 Å². The second-order valence-electron chi connectivity index (χ2n) is 3.44. The van der Waals surface area contributed by atoms with Crippen molar-refractivity contribution in [3.8, 4) is 5.75 Å². The zero-order valence-electron chi connectivity index (χ0n) is 8.45. The molecule has 0 bridgehead atoms. The van der Waals surface area contributed by atoms with Crippen LogP contribution in [0.1, 0.15) is 17.2 Å². The van der Waals surface area contributed by atoms with Gasteiger partial charge in [-0.1, -0.05) is 0 Å². The fourth-order valence-corrected chi connectivity index (χ4v) is 1.43. The number of halogens is 4. The van der Waals surface area contributed by atoms with E-state index >= 15 is 0 Å². The quantitative estimate of drug-likeness (QED) is 0.737. The summed E-state index contributed by atoms with van der Waals surface area (Å²) in [6.07, 6.45) is -7.71. The molecule has 17 heavy (non-hydrogen) atoms. The molecule has 0 spiro atoms. The molecule has 3 N–H and O–H groups in total. The monoisotopic (exact) mass is 270 g/mol. The molecule has 0 aliphatic carbocycles. The lowest BCUT2D eigenvalue weighted by atomic mass is 10.0. The van der Waals surface area contributed by atoms with Crippen LogP contribution in [0, 0.1) is 0 Å². The largest absolute Gasteiger partial charge is 0.508 e. The minimum absolute atomic E-state index is 0.364. The molecule has 96 valence electrons. The average molecular weight is 271 g/mol. The van der Waals surface area contributed by atoms with E-state index in [1.54, 1.807) is 0 Å². The van der Waals surface area contributed by atoms with Gasteiger partial charge < -0.3 is 15.3 Å². The summed E-state index contributed by atoms with van der Waals surface area (Å²) in [5.41, 5.74) is -1.43. The summed E-state index contributed by atoms with van der Waals surface area (Å²) in [5.74, 6) is -0.897. The number of alkyl halides is 4. The Hall–Kier alpha value is -0.980. The van der Waals surface area contributed by atoms with Crippen molar-refractivity contribution in [1.82, 2.24) is 0 Å². The van der Waals surface area contributed by atoms with Crippen LogP contribution in [0.3, 0.4) is 0 Å². The lowest BCUT2D eigenvalue weighted by Crippen LogP contribution is -2.20. The van der Waals surface area contributed by atoms with Crippen LogP contribution in [0.2, 0.25) is 0 Å². The summed E-state index contributed by atoms with van der Waals surface area (Å²) in [4.78, 5) is 0. The van der Waals surface area contributed by atoms with Gasteiger partial charge in [0.05, 0.1) is 17.5 Å². The first-order valence-corrected chi connectivity index (χ1v) is 5.13. The Morgan fingerprint density at radius 2 is 1.82 bits per heavy atom. The number of aliphatic hydroxyl groups excluding tert-OH is 2. The van der Waals surface area contributed by atoms with Gasteiger partial charge in [-0.05, 0) is 18.2 Å². The molecule has 1 aromatic rings. The van der Waals surface area contributed by atoms with Gasteiger partial charge in [0.15, 0.2) is 0 Å². The lowest BCUT2D eigenvalue weighted by molar-refractivity contribution is -0.137. The van der Waals surface area contributed by atoms with Crippen molar-refractivity contribution in [2.45, 2.75) is 18.4 Å². The molecule has 0 amide bonds. The molecule has 2 atom stereocenters. The zero-order chi connectivity index (χ0) is 13.2. The third-order valence-corrected chi connectivity index (χ3v) is 2.51. The van der Waals surface area contributed by atoms with Gasteiger partial charge in [-0.25, -0.2) is 0 Å². The highest BCUT2D eigenvalue weighted by Gasteiger charge is 2.32. The van der Waals surface area contributed by atoms with E-state index in [0.29, 0.717) is 12.1 Å². The Morgan fingerprint density at radius 1 is 1.24 bits per heavy atom. The Kier molecular flexibility index (Phi) is 4.24. The summed E-state index contributed by atoms with van der Waals surface area (Å²) in [6.45, 7) is 0. The first kappa shape index (κ1) is 14.1. The first-order valence-electron chi connectivity index (χ1n) is 4.59. The maximum Gasteiger partial charge on any atom is 0.416 e. The van der Waals surface area contributed by atoms with Crippen LogP contribution in [0.25, 0.3) is 0 Å². The van der Waals surface area contributed by atoms with Crippen molar-refractivity contribution >= 4 is 11.6 Å². The molecular weight excluding hydrogens is 261 g/mol. The summed E-state index contributed by atoms with van der Waals surface area (Å²) in [5, 5.41) is 28.1. The van der Waals surface area contributed by atoms with Crippen LogP contribution in [0.4, 0.5) is 13.2 Å². The smallest absolute Gasteiger partial charge is 0.416 e. The van der Waals surface area contributed by atoms with Gasteiger partial charge in [0, 0.05) is 5.56 Å². The third kappa shape index (κ3) is 3.24. The molecule has 1 aromatic carbocycles. The third-order valence-electron chi connectivity index (χ3n) is 2.20. The minimum atomic E-state index is -4.59. The number of rotatable bonds is 3. The lowest BCUT2D eigenvalue weighted by Gasteiger charge is -2.18. The van der Waals surface area contributed by atoms with Gasteiger partial charge in [-0.2, -0.15) is 13.2 Å². The van der Waals surface area contributed by atoms with Crippen molar-refractivity contribution in [2.24, 2.45) is 0 Å². The first-order chi connectivity index (χ1) is 7.77. The van der Waals surface area contributed by atoms with Crippen LogP contribution in [-0.4, -0.2) is 27.3 Å². The average Bonchev–Trinajstić information content (AvgIpc) is 2.26. The van der Waals surface area contributed by atoms with Crippen LogP contribution in [-0.2, 0) is 6.18 Å². The van der Waals surface area contributed by atoms with E-state index in [1.165, 1.54) is 0 Å². The van der Waals surface area contributed by atoms with E-state index in [4.69, 9.17) is 11.6 Å². The van der Waals surface area contributed by atoms with Gasteiger partial charge >= 0.3 is 6.18 Å². The summed E-state index contributed by atoms with van der Waals surface area (Å²) in [6, 6.07) is 2.07. The molecule has 0 heterocycles. The second-order valence-corrected chi connectivity index (χ2v) is 3.75. The predicted octanol–water partition coefficient (Wildman–Crippen LogP) is 2.04. The Morgan fingerprint density at radius 3 is 2.29 bits per heavy atom. The molecule has 7 heteroatoms. The summed E-state index contributed by atoms with van der Waals surface area (Å²) >= 11 is 5.26. The van der Waals surface area contributed by atoms with Gasteiger partial charge in [-0.15, -0.1) is 11.6 Å². The van der Waals surface area contributed by atoms with Crippen molar-refractivity contribution < 1.29 is 28.5 Å². The number of phenols is 1.